The highest BCUT2D eigenvalue weighted by Crippen LogP contribution is 2.22. The fourth-order valence-electron chi connectivity index (χ4n) is 3.50. The molecule has 3 aromatic rings. The van der Waals surface area contributed by atoms with Crippen molar-refractivity contribution in [3.8, 4) is 0 Å². The summed E-state index contributed by atoms with van der Waals surface area (Å²) in [6, 6.07) is 0.454. The van der Waals surface area contributed by atoms with Crippen LogP contribution in [0, 0.1) is 13.8 Å². The average molecular weight is 344 g/mol. The molecule has 128 valence electrons. The standard InChI is InChI=1S/C17H24N6S/c1-10(2)16-21-20-15-6-5-13(9-23(15)16)18-7-14-12(4)19-17-22(14)8-11(3)24-17/h8,10,13,18H,5-7,9H2,1-4H3/t13-/m0/s1. The van der Waals surface area contributed by atoms with Gasteiger partial charge >= 0.3 is 0 Å². The number of aromatic nitrogens is 5. The van der Waals surface area contributed by atoms with E-state index in [4.69, 9.17) is 0 Å². The molecule has 0 aliphatic carbocycles. The molecule has 1 atom stereocenters. The first-order valence-corrected chi connectivity index (χ1v) is 9.44. The van der Waals surface area contributed by atoms with Crippen LogP contribution in [0.4, 0.5) is 0 Å². The topological polar surface area (TPSA) is 60.0 Å². The van der Waals surface area contributed by atoms with Gasteiger partial charge in [0.15, 0.2) is 4.96 Å². The van der Waals surface area contributed by atoms with E-state index in [2.05, 4.69) is 63.4 Å². The second kappa shape index (κ2) is 5.97. The number of hydrogen-bond acceptors (Lipinski definition) is 5. The molecule has 0 radical (unpaired) electrons. The summed E-state index contributed by atoms with van der Waals surface area (Å²) in [4.78, 5) is 7.07. The van der Waals surface area contributed by atoms with Crippen molar-refractivity contribution in [3.05, 3.63) is 34.1 Å². The van der Waals surface area contributed by atoms with Crippen LogP contribution in [0.3, 0.4) is 0 Å². The van der Waals surface area contributed by atoms with Gasteiger partial charge in [-0.05, 0) is 20.3 Å². The Morgan fingerprint density at radius 3 is 2.96 bits per heavy atom. The van der Waals surface area contributed by atoms with E-state index in [0.29, 0.717) is 12.0 Å². The van der Waals surface area contributed by atoms with Gasteiger partial charge in [0.2, 0.25) is 0 Å². The molecule has 0 saturated heterocycles. The van der Waals surface area contributed by atoms with Crippen LogP contribution in [0.5, 0.6) is 0 Å². The number of rotatable bonds is 4. The van der Waals surface area contributed by atoms with Crippen molar-refractivity contribution in [2.45, 2.75) is 65.6 Å². The number of aryl methyl sites for hydroxylation is 3. The summed E-state index contributed by atoms with van der Waals surface area (Å²) in [6.45, 7) is 10.4. The molecule has 24 heavy (non-hydrogen) atoms. The van der Waals surface area contributed by atoms with E-state index in [1.165, 1.54) is 10.6 Å². The Hall–Kier alpha value is -1.73. The highest BCUT2D eigenvalue weighted by atomic mass is 32.1. The Kier molecular flexibility index (Phi) is 3.92. The summed E-state index contributed by atoms with van der Waals surface area (Å²) in [6.07, 6.45) is 4.29. The maximum Gasteiger partial charge on any atom is 0.194 e. The number of imidazole rings is 1. The summed E-state index contributed by atoms with van der Waals surface area (Å²) >= 11 is 1.75. The van der Waals surface area contributed by atoms with E-state index in [-0.39, 0.29) is 0 Å². The third kappa shape index (κ3) is 2.65. The molecule has 6 nitrogen and oxygen atoms in total. The monoisotopic (exact) mass is 344 g/mol. The minimum atomic E-state index is 0.412. The lowest BCUT2D eigenvalue weighted by Gasteiger charge is -2.26. The largest absolute Gasteiger partial charge is 0.313 e. The van der Waals surface area contributed by atoms with Gasteiger partial charge < -0.3 is 9.88 Å². The first-order valence-electron chi connectivity index (χ1n) is 8.62. The van der Waals surface area contributed by atoms with E-state index in [1.807, 2.05) is 0 Å². The van der Waals surface area contributed by atoms with Gasteiger partial charge in [-0.1, -0.05) is 13.8 Å². The van der Waals surface area contributed by atoms with Crippen LogP contribution in [0.15, 0.2) is 6.20 Å². The first kappa shape index (κ1) is 15.8. The third-order valence-corrected chi connectivity index (χ3v) is 5.69. The molecule has 1 N–H and O–H groups in total. The zero-order chi connectivity index (χ0) is 16.8. The van der Waals surface area contributed by atoms with Crippen molar-refractivity contribution >= 4 is 16.3 Å². The summed E-state index contributed by atoms with van der Waals surface area (Å²) in [5.74, 6) is 2.65. The lowest BCUT2D eigenvalue weighted by Crippen LogP contribution is -2.38. The molecule has 0 saturated carbocycles. The number of hydrogen-bond donors (Lipinski definition) is 1. The van der Waals surface area contributed by atoms with Gasteiger partial charge in [-0.3, -0.25) is 4.40 Å². The predicted octanol–water partition coefficient (Wildman–Crippen LogP) is 2.83. The number of nitrogens with zero attached hydrogens (tertiary/aromatic N) is 5. The summed E-state index contributed by atoms with van der Waals surface area (Å²) in [5, 5.41) is 12.5. The van der Waals surface area contributed by atoms with Crippen molar-refractivity contribution in [3.63, 3.8) is 0 Å². The van der Waals surface area contributed by atoms with Crippen molar-refractivity contribution in [1.29, 1.82) is 0 Å². The second-order valence-corrected chi connectivity index (χ2v) is 8.21. The van der Waals surface area contributed by atoms with Crippen LogP contribution in [0.25, 0.3) is 4.96 Å². The zero-order valence-corrected chi connectivity index (χ0v) is 15.5. The van der Waals surface area contributed by atoms with Crippen molar-refractivity contribution in [2.75, 3.05) is 0 Å². The molecule has 0 fully saturated rings. The van der Waals surface area contributed by atoms with Gasteiger partial charge in [-0.2, -0.15) is 0 Å². The summed E-state index contributed by atoms with van der Waals surface area (Å²) < 4.78 is 4.54. The van der Waals surface area contributed by atoms with Crippen LogP contribution in [0.1, 0.15) is 54.1 Å². The Balaban J connectivity index is 1.50. The predicted molar refractivity (Wildman–Crippen MR) is 95.6 cm³/mol. The van der Waals surface area contributed by atoms with Crippen LogP contribution in [0.2, 0.25) is 0 Å². The summed E-state index contributed by atoms with van der Waals surface area (Å²) in [7, 11) is 0. The second-order valence-electron chi connectivity index (χ2n) is 6.99. The van der Waals surface area contributed by atoms with Crippen molar-refractivity contribution in [2.24, 2.45) is 0 Å². The maximum absolute atomic E-state index is 4.68. The summed E-state index contributed by atoms with van der Waals surface area (Å²) in [5.41, 5.74) is 2.39. The van der Waals surface area contributed by atoms with E-state index >= 15 is 0 Å². The molecule has 4 heterocycles. The normalized spacial score (nSPS) is 17.8. The molecule has 4 rings (SSSR count). The minimum Gasteiger partial charge on any atom is -0.313 e. The molecule has 1 aliphatic rings. The number of fused-ring (bicyclic) bond motifs is 2. The molecule has 1 aliphatic heterocycles. The van der Waals surface area contributed by atoms with E-state index < -0.39 is 0 Å². The molecule has 0 aromatic carbocycles. The lowest BCUT2D eigenvalue weighted by molar-refractivity contribution is 0.368. The molecule has 0 amide bonds. The molecule has 3 aromatic heterocycles. The Morgan fingerprint density at radius 2 is 2.17 bits per heavy atom. The van der Waals surface area contributed by atoms with Crippen LogP contribution in [-0.4, -0.2) is 30.2 Å². The number of thiazole rings is 1. The minimum absolute atomic E-state index is 0.412. The molecule has 0 unspecified atom stereocenters. The van der Waals surface area contributed by atoms with Gasteiger partial charge in [0.25, 0.3) is 0 Å². The zero-order valence-electron chi connectivity index (χ0n) is 14.7. The third-order valence-electron chi connectivity index (χ3n) is 4.79. The van der Waals surface area contributed by atoms with Crippen LogP contribution < -0.4 is 5.32 Å². The fourth-order valence-corrected chi connectivity index (χ4v) is 4.39. The highest BCUT2D eigenvalue weighted by molar-refractivity contribution is 7.17. The fraction of sp³-hybridized carbons (Fsp3) is 0.588. The van der Waals surface area contributed by atoms with Gasteiger partial charge in [0, 0.05) is 42.5 Å². The highest BCUT2D eigenvalue weighted by Gasteiger charge is 2.24. The Labute approximate surface area is 145 Å². The Morgan fingerprint density at radius 1 is 1.33 bits per heavy atom. The molecule has 0 bridgehead atoms. The first-order chi connectivity index (χ1) is 11.5. The molecular formula is C17H24N6S. The van der Waals surface area contributed by atoms with E-state index in [0.717, 1.165) is 48.2 Å². The van der Waals surface area contributed by atoms with Crippen LogP contribution >= 0.6 is 11.3 Å². The SMILES string of the molecule is Cc1cn2c(CN[C@H]3CCc4nnc(C(C)C)n4C3)c(C)nc2s1. The molecule has 0 spiro atoms. The Bertz CT molecular complexity index is 871. The van der Waals surface area contributed by atoms with Crippen molar-refractivity contribution in [1.82, 2.24) is 29.5 Å². The maximum atomic E-state index is 4.68. The molecule has 7 heteroatoms. The van der Waals surface area contributed by atoms with Gasteiger partial charge in [-0.15, -0.1) is 21.5 Å². The van der Waals surface area contributed by atoms with Crippen LogP contribution in [-0.2, 0) is 19.5 Å². The quantitative estimate of drug-likeness (QED) is 0.791. The van der Waals surface area contributed by atoms with Gasteiger partial charge in [0.1, 0.15) is 11.6 Å². The lowest BCUT2D eigenvalue weighted by atomic mass is 10.1. The van der Waals surface area contributed by atoms with Gasteiger partial charge in [0.05, 0.1) is 11.4 Å². The smallest absolute Gasteiger partial charge is 0.194 e. The van der Waals surface area contributed by atoms with E-state index in [9.17, 15) is 0 Å². The van der Waals surface area contributed by atoms with E-state index in [1.54, 1.807) is 11.3 Å². The molecular weight excluding hydrogens is 320 g/mol. The van der Waals surface area contributed by atoms with Crippen molar-refractivity contribution < 1.29 is 0 Å². The average Bonchev–Trinajstić information content (AvgIpc) is 3.17. The van der Waals surface area contributed by atoms with Gasteiger partial charge in [-0.25, -0.2) is 4.98 Å². The number of nitrogens with one attached hydrogen (secondary N) is 1.